The highest BCUT2D eigenvalue weighted by molar-refractivity contribution is 5.40. The molecule has 1 aliphatic heterocycles. The summed E-state index contributed by atoms with van der Waals surface area (Å²) in [4.78, 5) is 6.92. The highest BCUT2D eigenvalue weighted by atomic mass is 15.2. The van der Waals surface area contributed by atoms with Crippen molar-refractivity contribution in [1.29, 1.82) is 0 Å². The van der Waals surface area contributed by atoms with Gasteiger partial charge in [-0.3, -0.25) is 4.90 Å². The van der Waals surface area contributed by atoms with E-state index in [4.69, 9.17) is 5.73 Å². The quantitative estimate of drug-likeness (QED) is 0.932. The average Bonchev–Trinajstić information content (AvgIpc) is 2.52. The Morgan fingerprint density at radius 3 is 2.81 bits per heavy atom. The van der Waals surface area contributed by atoms with Gasteiger partial charge in [0.2, 0.25) is 0 Å². The van der Waals surface area contributed by atoms with Crippen LogP contribution < -0.4 is 5.73 Å². The number of piperidine rings is 1. The van der Waals surface area contributed by atoms with Crippen LogP contribution in [0, 0.1) is 6.92 Å². The molecule has 2 N–H and O–H groups in total. The van der Waals surface area contributed by atoms with Crippen molar-refractivity contribution in [3.63, 3.8) is 0 Å². The number of hydrogen-bond donors (Lipinski definition) is 1. The molecule has 0 radical (unpaired) electrons. The Hall–Kier alpha value is -1.87. The van der Waals surface area contributed by atoms with E-state index in [1.54, 1.807) is 0 Å². The molecule has 1 unspecified atom stereocenters. The second kappa shape index (κ2) is 6.27. The Bertz CT molecular complexity index is 595. The molecule has 0 spiro atoms. The number of pyridine rings is 1. The second-order valence-electron chi connectivity index (χ2n) is 5.94. The minimum Gasteiger partial charge on any atom is -0.383 e. The van der Waals surface area contributed by atoms with Gasteiger partial charge in [0.15, 0.2) is 0 Å². The molecule has 0 saturated carbocycles. The maximum atomic E-state index is 5.85. The third kappa shape index (κ3) is 3.24. The van der Waals surface area contributed by atoms with Crippen molar-refractivity contribution in [2.45, 2.75) is 38.8 Å². The molecule has 2 aromatic rings. The Labute approximate surface area is 126 Å². The number of hydrogen-bond acceptors (Lipinski definition) is 3. The molecule has 3 nitrogen and oxygen atoms in total. The molecule has 3 heteroatoms. The van der Waals surface area contributed by atoms with Crippen LogP contribution in [-0.2, 0) is 6.54 Å². The van der Waals surface area contributed by atoms with Crippen LogP contribution in [0.4, 0.5) is 5.82 Å². The standard InChI is InChI=1S/C18H23N3/c1-14-11-16(12-20-18(14)19)17-9-5-6-10-21(17)13-15-7-3-2-4-8-15/h2-4,7-8,11-12,17H,5-6,9-10,13H2,1H3,(H2,19,20). The van der Waals surface area contributed by atoms with Gasteiger partial charge < -0.3 is 5.73 Å². The summed E-state index contributed by atoms with van der Waals surface area (Å²) in [5, 5.41) is 0. The summed E-state index contributed by atoms with van der Waals surface area (Å²) in [6.07, 6.45) is 5.73. The predicted octanol–water partition coefficient (Wildman–Crippen LogP) is 3.70. The van der Waals surface area contributed by atoms with Crippen LogP contribution in [0.1, 0.15) is 42.0 Å². The first kappa shape index (κ1) is 14.1. The zero-order chi connectivity index (χ0) is 14.7. The molecule has 21 heavy (non-hydrogen) atoms. The zero-order valence-corrected chi connectivity index (χ0v) is 12.6. The molecule has 1 aliphatic rings. The minimum absolute atomic E-state index is 0.464. The number of nitrogens with zero attached hydrogens (tertiary/aromatic N) is 2. The normalized spacial score (nSPS) is 19.6. The van der Waals surface area contributed by atoms with E-state index < -0.39 is 0 Å². The smallest absolute Gasteiger partial charge is 0.126 e. The number of nitrogen functional groups attached to an aromatic ring is 1. The van der Waals surface area contributed by atoms with E-state index in [9.17, 15) is 0 Å². The predicted molar refractivity (Wildman–Crippen MR) is 86.8 cm³/mol. The van der Waals surface area contributed by atoms with Crippen molar-refractivity contribution < 1.29 is 0 Å². The van der Waals surface area contributed by atoms with Gasteiger partial charge >= 0.3 is 0 Å². The summed E-state index contributed by atoms with van der Waals surface area (Å²) in [7, 11) is 0. The summed E-state index contributed by atoms with van der Waals surface area (Å²) in [6.45, 7) is 4.20. The van der Waals surface area contributed by atoms with E-state index in [-0.39, 0.29) is 0 Å². The SMILES string of the molecule is Cc1cc(C2CCCCN2Cc2ccccc2)cnc1N. The highest BCUT2D eigenvalue weighted by Gasteiger charge is 2.24. The van der Waals surface area contributed by atoms with Crippen molar-refractivity contribution >= 4 is 5.82 Å². The van der Waals surface area contributed by atoms with Gasteiger partial charge in [-0.1, -0.05) is 36.8 Å². The molecule has 1 saturated heterocycles. The lowest BCUT2D eigenvalue weighted by atomic mass is 9.95. The Morgan fingerprint density at radius 2 is 2.05 bits per heavy atom. The first-order valence-electron chi connectivity index (χ1n) is 7.74. The van der Waals surface area contributed by atoms with Crippen LogP contribution in [0.2, 0.25) is 0 Å². The second-order valence-corrected chi connectivity index (χ2v) is 5.94. The molecule has 2 heterocycles. The third-order valence-electron chi connectivity index (χ3n) is 4.37. The molecule has 0 bridgehead atoms. The Balaban J connectivity index is 1.82. The summed E-state index contributed by atoms with van der Waals surface area (Å²) < 4.78 is 0. The molecular formula is C18H23N3. The van der Waals surface area contributed by atoms with E-state index >= 15 is 0 Å². The topological polar surface area (TPSA) is 42.2 Å². The van der Waals surface area contributed by atoms with E-state index in [1.807, 2.05) is 13.1 Å². The summed E-state index contributed by atoms with van der Waals surface area (Å²) in [5.74, 6) is 0.643. The Kier molecular flexibility index (Phi) is 4.20. The monoisotopic (exact) mass is 281 g/mol. The number of rotatable bonds is 3. The lowest BCUT2D eigenvalue weighted by Crippen LogP contribution is -2.33. The summed E-state index contributed by atoms with van der Waals surface area (Å²) in [5.41, 5.74) is 9.62. The molecule has 1 aromatic carbocycles. The number of benzene rings is 1. The molecule has 0 amide bonds. The molecular weight excluding hydrogens is 258 g/mol. The number of anilines is 1. The van der Waals surface area contributed by atoms with Gasteiger partial charge in [0.1, 0.15) is 5.82 Å². The van der Waals surface area contributed by atoms with Crippen LogP contribution in [-0.4, -0.2) is 16.4 Å². The van der Waals surface area contributed by atoms with Crippen molar-refractivity contribution in [2.24, 2.45) is 0 Å². The van der Waals surface area contributed by atoms with Crippen LogP contribution >= 0.6 is 0 Å². The molecule has 3 rings (SSSR count). The van der Waals surface area contributed by atoms with Gasteiger partial charge in [0.25, 0.3) is 0 Å². The lowest BCUT2D eigenvalue weighted by Gasteiger charge is -2.36. The zero-order valence-electron chi connectivity index (χ0n) is 12.6. The van der Waals surface area contributed by atoms with Crippen molar-refractivity contribution in [3.05, 3.63) is 59.3 Å². The van der Waals surface area contributed by atoms with Crippen LogP contribution in [0.3, 0.4) is 0 Å². The first-order valence-corrected chi connectivity index (χ1v) is 7.74. The minimum atomic E-state index is 0.464. The molecule has 110 valence electrons. The molecule has 1 atom stereocenters. The van der Waals surface area contributed by atoms with Gasteiger partial charge in [-0.05, 0) is 49.1 Å². The highest BCUT2D eigenvalue weighted by Crippen LogP contribution is 2.32. The number of likely N-dealkylation sites (tertiary alicyclic amines) is 1. The van der Waals surface area contributed by atoms with Crippen LogP contribution in [0.15, 0.2) is 42.6 Å². The molecule has 1 fully saturated rings. The number of nitrogens with two attached hydrogens (primary N) is 1. The number of aromatic nitrogens is 1. The number of aryl methyl sites for hydroxylation is 1. The fourth-order valence-corrected chi connectivity index (χ4v) is 3.16. The molecule has 0 aliphatic carbocycles. The van der Waals surface area contributed by atoms with Crippen molar-refractivity contribution in [1.82, 2.24) is 9.88 Å². The van der Waals surface area contributed by atoms with E-state index in [1.165, 1.54) is 30.4 Å². The van der Waals surface area contributed by atoms with Crippen LogP contribution in [0.5, 0.6) is 0 Å². The summed E-state index contributed by atoms with van der Waals surface area (Å²) in [6, 6.07) is 13.4. The third-order valence-corrected chi connectivity index (χ3v) is 4.37. The van der Waals surface area contributed by atoms with Crippen LogP contribution in [0.25, 0.3) is 0 Å². The van der Waals surface area contributed by atoms with Crippen molar-refractivity contribution in [3.8, 4) is 0 Å². The fraction of sp³-hybridized carbons (Fsp3) is 0.389. The summed E-state index contributed by atoms with van der Waals surface area (Å²) >= 11 is 0. The maximum absolute atomic E-state index is 5.85. The average molecular weight is 281 g/mol. The van der Waals surface area contributed by atoms with E-state index in [0.717, 1.165) is 18.7 Å². The lowest BCUT2D eigenvalue weighted by molar-refractivity contribution is 0.140. The first-order chi connectivity index (χ1) is 10.2. The van der Waals surface area contributed by atoms with E-state index in [0.29, 0.717) is 11.9 Å². The van der Waals surface area contributed by atoms with Gasteiger partial charge in [0, 0.05) is 18.8 Å². The van der Waals surface area contributed by atoms with Crippen molar-refractivity contribution in [2.75, 3.05) is 12.3 Å². The molecule has 1 aromatic heterocycles. The van der Waals surface area contributed by atoms with Gasteiger partial charge in [-0.25, -0.2) is 4.98 Å². The maximum Gasteiger partial charge on any atom is 0.126 e. The van der Waals surface area contributed by atoms with Gasteiger partial charge in [0.05, 0.1) is 0 Å². The fourth-order valence-electron chi connectivity index (χ4n) is 3.16. The Morgan fingerprint density at radius 1 is 1.24 bits per heavy atom. The largest absolute Gasteiger partial charge is 0.383 e. The van der Waals surface area contributed by atoms with Gasteiger partial charge in [-0.15, -0.1) is 0 Å². The van der Waals surface area contributed by atoms with Gasteiger partial charge in [-0.2, -0.15) is 0 Å². The van der Waals surface area contributed by atoms with E-state index in [2.05, 4.69) is 46.3 Å².